The van der Waals surface area contributed by atoms with Gasteiger partial charge in [-0.2, -0.15) is 0 Å². The fourth-order valence-corrected chi connectivity index (χ4v) is 7.91. The van der Waals surface area contributed by atoms with E-state index < -0.39 is 0 Å². The summed E-state index contributed by atoms with van der Waals surface area (Å²) >= 11 is 0. The molecule has 0 aromatic carbocycles. The van der Waals surface area contributed by atoms with Crippen molar-refractivity contribution in [3.05, 3.63) is 0 Å². The predicted molar refractivity (Wildman–Crippen MR) is 225 cm³/mol. The van der Waals surface area contributed by atoms with Crippen LogP contribution in [0.4, 0.5) is 0 Å². The first kappa shape index (κ1) is 49.5. The summed E-state index contributed by atoms with van der Waals surface area (Å²) < 4.78 is 5.63. The van der Waals surface area contributed by atoms with Crippen LogP contribution < -0.4 is 0 Å². The van der Waals surface area contributed by atoms with Crippen molar-refractivity contribution in [1.82, 2.24) is 0 Å². The fourth-order valence-electron chi connectivity index (χ4n) is 7.91. The molecular weight excluding hydrogens is 609 g/mol. The van der Waals surface area contributed by atoms with E-state index in [9.17, 15) is 4.79 Å². The number of unbranched alkanes of at least 4 members (excludes halogenated alkanes) is 15. The number of esters is 1. The van der Waals surface area contributed by atoms with E-state index in [4.69, 9.17) is 4.74 Å². The number of carbonyl (C=O) groups is 1. The van der Waals surface area contributed by atoms with Crippen LogP contribution in [0.5, 0.6) is 0 Å². The zero-order chi connectivity index (χ0) is 37.1. The van der Waals surface area contributed by atoms with E-state index in [0.717, 1.165) is 36.0 Å². The molecule has 0 rings (SSSR count). The first-order chi connectivity index (χ1) is 24.1. The third kappa shape index (κ3) is 37.2. The Morgan fingerprint density at radius 2 is 0.660 bits per heavy atom. The number of hydrogen-bond donors (Lipinski definition) is 0. The summed E-state index contributed by atoms with van der Waals surface area (Å²) in [6, 6.07) is 0. The van der Waals surface area contributed by atoms with Crippen LogP contribution in [-0.4, -0.2) is 12.6 Å². The van der Waals surface area contributed by atoms with Crippen LogP contribution in [0.25, 0.3) is 0 Å². The average Bonchev–Trinajstić information content (AvgIpc) is 3.07. The molecule has 0 saturated carbocycles. The van der Waals surface area contributed by atoms with Crippen molar-refractivity contribution in [2.45, 2.75) is 261 Å². The Morgan fingerprint density at radius 1 is 0.360 bits per heavy atom. The maximum atomic E-state index is 12.2. The molecule has 0 fully saturated rings. The smallest absolute Gasteiger partial charge is 0.305 e. The van der Waals surface area contributed by atoms with Gasteiger partial charge in [0.2, 0.25) is 0 Å². The second kappa shape index (κ2) is 36.8. The lowest BCUT2D eigenvalue weighted by Gasteiger charge is -2.17. The molecule has 2 heteroatoms. The lowest BCUT2D eigenvalue weighted by atomic mass is 9.90. The van der Waals surface area contributed by atoms with Gasteiger partial charge in [0.1, 0.15) is 0 Å². The average molecular weight is 705 g/mol. The van der Waals surface area contributed by atoms with Crippen LogP contribution >= 0.6 is 0 Å². The van der Waals surface area contributed by atoms with Crippen LogP contribution in [0.2, 0.25) is 0 Å². The minimum Gasteiger partial charge on any atom is -0.465 e. The van der Waals surface area contributed by atoms with Crippen LogP contribution in [-0.2, 0) is 9.53 Å². The molecule has 5 atom stereocenters. The van der Waals surface area contributed by atoms with Crippen LogP contribution in [0.3, 0.4) is 0 Å². The van der Waals surface area contributed by atoms with Gasteiger partial charge in [-0.25, -0.2) is 0 Å². The molecule has 0 saturated heterocycles. The largest absolute Gasteiger partial charge is 0.465 e. The van der Waals surface area contributed by atoms with Crippen molar-refractivity contribution >= 4 is 5.97 Å². The maximum Gasteiger partial charge on any atom is 0.305 e. The second-order valence-corrected chi connectivity index (χ2v) is 18.3. The molecule has 0 amide bonds. The first-order valence-corrected chi connectivity index (χ1v) is 23.3. The van der Waals surface area contributed by atoms with E-state index in [1.165, 1.54) is 193 Å². The van der Waals surface area contributed by atoms with Gasteiger partial charge in [0.05, 0.1) is 6.61 Å². The summed E-state index contributed by atoms with van der Waals surface area (Å²) in [4.78, 5) is 12.2. The first-order valence-electron chi connectivity index (χ1n) is 23.3. The lowest BCUT2D eigenvalue weighted by Crippen LogP contribution is -2.12. The molecule has 0 radical (unpaired) electrons. The Labute approximate surface area is 317 Å². The van der Waals surface area contributed by atoms with Crippen LogP contribution in [0.1, 0.15) is 261 Å². The number of carbonyl (C=O) groups excluding carboxylic acids is 1. The highest BCUT2D eigenvalue weighted by atomic mass is 16.5. The maximum absolute atomic E-state index is 12.2. The van der Waals surface area contributed by atoms with Crippen molar-refractivity contribution in [3.63, 3.8) is 0 Å². The molecule has 0 heterocycles. The highest BCUT2D eigenvalue weighted by Crippen LogP contribution is 2.25. The molecule has 0 bridgehead atoms. The van der Waals surface area contributed by atoms with E-state index >= 15 is 0 Å². The van der Waals surface area contributed by atoms with Crippen LogP contribution in [0, 0.1) is 35.5 Å². The third-order valence-corrected chi connectivity index (χ3v) is 11.8. The van der Waals surface area contributed by atoms with Gasteiger partial charge in [-0.3, -0.25) is 4.79 Å². The minimum absolute atomic E-state index is 0.0245. The van der Waals surface area contributed by atoms with Gasteiger partial charge in [-0.15, -0.1) is 0 Å². The second-order valence-electron chi connectivity index (χ2n) is 18.3. The van der Waals surface area contributed by atoms with Crippen LogP contribution in [0.15, 0.2) is 0 Å². The number of ether oxygens (including phenoxy) is 1. The predicted octanol–water partition coefficient (Wildman–Crippen LogP) is 16.9. The van der Waals surface area contributed by atoms with Gasteiger partial charge in [-0.05, 0) is 48.3 Å². The lowest BCUT2D eigenvalue weighted by molar-refractivity contribution is -0.145. The van der Waals surface area contributed by atoms with Gasteiger partial charge in [-0.1, -0.05) is 242 Å². The Morgan fingerprint density at radius 3 is 1.02 bits per heavy atom. The highest BCUT2D eigenvalue weighted by Gasteiger charge is 2.11. The molecule has 50 heavy (non-hydrogen) atoms. The fraction of sp³-hybridized carbons (Fsp3) is 0.979. The molecule has 0 spiro atoms. The molecule has 5 unspecified atom stereocenters. The molecule has 300 valence electrons. The minimum atomic E-state index is 0.0245. The summed E-state index contributed by atoms with van der Waals surface area (Å²) in [5.74, 6) is 4.90. The number of hydrogen-bond acceptors (Lipinski definition) is 2. The van der Waals surface area contributed by atoms with E-state index in [0.29, 0.717) is 18.9 Å². The topological polar surface area (TPSA) is 26.3 Å². The highest BCUT2D eigenvalue weighted by molar-refractivity contribution is 5.69. The van der Waals surface area contributed by atoms with E-state index in [1.54, 1.807) is 0 Å². The van der Waals surface area contributed by atoms with Crippen molar-refractivity contribution in [2.24, 2.45) is 35.5 Å². The van der Waals surface area contributed by atoms with Gasteiger partial charge < -0.3 is 4.74 Å². The van der Waals surface area contributed by atoms with E-state index in [2.05, 4.69) is 55.4 Å². The molecule has 0 aliphatic carbocycles. The summed E-state index contributed by atoms with van der Waals surface area (Å²) in [7, 11) is 0. The molecule has 0 aliphatic heterocycles. The normalized spacial score (nSPS) is 14.9. The molecule has 0 aromatic heterocycles. The Hall–Kier alpha value is -0.530. The van der Waals surface area contributed by atoms with Gasteiger partial charge in [0.25, 0.3) is 0 Å². The molecular formula is C48H96O2. The molecule has 0 aliphatic rings. The Balaban J connectivity index is 3.56. The zero-order valence-corrected chi connectivity index (χ0v) is 36.1. The monoisotopic (exact) mass is 705 g/mol. The number of rotatable bonds is 39. The van der Waals surface area contributed by atoms with Gasteiger partial charge >= 0.3 is 5.97 Å². The van der Waals surface area contributed by atoms with Crippen molar-refractivity contribution in [2.75, 3.05) is 6.61 Å². The SMILES string of the molecule is CCCCCCCCCCCCCCCCCC(=O)OCC(C)CCCC(C)CCCC(C)CCCCC(C)CCCC(C)CCCC(C)C. The van der Waals surface area contributed by atoms with Crippen molar-refractivity contribution in [1.29, 1.82) is 0 Å². The Kier molecular flexibility index (Phi) is 36.4. The molecule has 0 aromatic rings. The van der Waals surface area contributed by atoms with Gasteiger partial charge in [0.15, 0.2) is 0 Å². The standard InChI is InChI=1S/C48H96O2/c1-9-10-11-12-13-14-15-16-17-18-19-20-21-22-23-40-48(49)50-41-47(8)39-29-38-46(7)37-28-35-44(5)32-25-24-31-43(4)34-27-36-45(6)33-26-30-42(2)3/h42-47H,9-41H2,1-8H3. The van der Waals surface area contributed by atoms with E-state index in [1.807, 2.05) is 0 Å². The summed E-state index contributed by atoms with van der Waals surface area (Å²) in [6.07, 6.45) is 43.2. The van der Waals surface area contributed by atoms with Crippen molar-refractivity contribution < 1.29 is 9.53 Å². The zero-order valence-electron chi connectivity index (χ0n) is 36.1. The van der Waals surface area contributed by atoms with Crippen molar-refractivity contribution in [3.8, 4) is 0 Å². The van der Waals surface area contributed by atoms with Gasteiger partial charge in [0, 0.05) is 6.42 Å². The Bertz CT molecular complexity index is 686. The molecule has 2 nitrogen and oxygen atoms in total. The van der Waals surface area contributed by atoms with E-state index in [-0.39, 0.29) is 5.97 Å². The quantitative estimate of drug-likeness (QED) is 0.0470. The summed E-state index contributed by atoms with van der Waals surface area (Å²) in [5, 5.41) is 0. The third-order valence-electron chi connectivity index (χ3n) is 11.8. The summed E-state index contributed by atoms with van der Waals surface area (Å²) in [5.41, 5.74) is 0. The summed E-state index contributed by atoms with van der Waals surface area (Å²) in [6.45, 7) is 19.7. The molecule has 0 N–H and O–H groups in total.